The summed E-state index contributed by atoms with van der Waals surface area (Å²) in [4.78, 5) is 11.4. The summed E-state index contributed by atoms with van der Waals surface area (Å²) in [6.45, 7) is 5.67. The number of benzene rings is 1. The Bertz CT molecular complexity index is 485. The van der Waals surface area contributed by atoms with Crippen molar-refractivity contribution in [3.63, 3.8) is 0 Å². The van der Waals surface area contributed by atoms with Crippen molar-refractivity contribution >= 4 is 11.4 Å². The number of rotatable bonds is 4. The van der Waals surface area contributed by atoms with Crippen LogP contribution in [0.15, 0.2) is 24.3 Å². The molecule has 0 radical (unpaired) electrons. The van der Waals surface area contributed by atoms with Crippen molar-refractivity contribution < 1.29 is 18.3 Å². The van der Waals surface area contributed by atoms with Crippen LogP contribution < -0.4 is 4.74 Å². The summed E-state index contributed by atoms with van der Waals surface area (Å²) in [6, 6.07) is 4.55. The molecule has 0 aromatic heterocycles. The molecule has 0 aliphatic heterocycles. The van der Waals surface area contributed by atoms with Gasteiger partial charge in [-0.05, 0) is 44.0 Å². The summed E-state index contributed by atoms with van der Waals surface area (Å²) in [5, 5.41) is 0. The number of aryl methyl sites for hydroxylation is 1. The Morgan fingerprint density at radius 2 is 2.00 bits per heavy atom. The van der Waals surface area contributed by atoms with Crippen LogP contribution in [-0.4, -0.2) is 11.9 Å². The van der Waals surface area contributed by atoms with Gasteiger partial charge in [0.25, 0.3) is 0 Å². The molecule has 0 saturated carbocycles. The van der Waals surface area contributed by atoms with Crippen LogP contribution in [0.5, 0.6) is 5.75 Å². The Morgan fingerprint density at radius 3 is 2.39 bits per heavy atom. The molecule has 18 heavy (non-hydrogen) atoms. The van der Waals surface area contributed by atoms with E-state index in [9.17, 15) is 13.6 Å². The Morgan fingerprint density at radius 1 is 1.39 bits per heavy atom. The zero-order valence-corrected chi connectivity index (χ0v) is 10.9. The highest BCUT2D eigenvalue weighted by atomic mass is 19.3. The number of allylic oxidation sites excluding steroid dienone is 2. The van der Waals surface area contributed by atoms with Crippen LogP contribution >= 0.6 is 0 Å². The third kappa shape index (κ3) is 3.65. The molecule has 0 saturated heterocycles. The predicted molar refractivity (Wildman–Crippen MR) is 66.8 cm³/mol. The summed E-state index contributed by atoms with van der Waals surface area (Å²) in [5.41, 5.74) is 2.03. The summed E-state index contributed by atoms with van der Waals surface area (Å²) in [5.74, 6) is 0.0258. The third-order valence-electron chi connectivity index (χ3n) is 2.45. The molecule has 1 rings (SSSR count). The van der Waals surface area contributed by atoms with E-state index >= 15 is 0 Å². The second kappa shape index (κ2) is 5.29. The Labute approximate surface area is 105 Å². The van der Waals surface area contributed by atoms with Crippen LogP contribution in [0.25, 0.3) is 5.57 Å². The summed E-state index contributed by atoms with van der Waals surface area (Å²) < 4.78 is 29.9. The van der Waals surface area contributed by atoms with E-state index in [0.717, 1.165) is 11.1 Å². The molecule has 1 aromatic carbocycles. The number of ether oxygens (including phenoxy) is 1. The number of carbonyl (C=O) groups is 1. The van der Waals surface area contributed by atoms with Gasteiger partial charge in [-0.1, -0.05) is 12.1 Å². The van der Waals surface area contributed by atoms with E-state index in [2.05, 4.69) is 4.74 Å². The molecule has 0 amide bonds. The lowest BCUT2D eigenvalue weighted by molar-refractivity contribution is -0.159. The lowest BCUT2D eigenvalue weighted by atomic mass is 9.97. The number of carbonyl (C=O) groups excluding carboxylic acids is 1. The Hall–Kier alpha value is -1.71. The minimum Gasteiger partial charge on any atom is -0.433 e. The van der Waals surface area contributed by atoms with Crippen molar-refractivity contribution in [2.45, 2.75) is 33.8 Å². The highest BCUT2D eigenvalue weighted by Gasteiger charge is 2.23. The normalized spacial score (nSPS) is 12.4. The van der Waals surface area contributed by atoms with Gasteiger partial charge in [0.1, 0.15) is 5.75 Å². The number of hydrogen-bond donors (Lipinski definition) is 0. The lowest BCUT2D eigenvalue weighted by Gasteiger charge is -2.15. The van der Waals surface area contributed by atoms with Crippen LogP contribution in [0.4, 0.5) is 8.78 Å². The second-order valence-electron chi connectivity index (χ2n) is 4.15. The highest BCUT2D eigenvalue weighted by Crippen LogP contribution is 2.27. The molecule has 0 aliphatic rings. The average Bonchev–Trinajstić information content (AvgIpc) is 2.19. The molecule has 2 nitrogen and oxygen atoms in total. The maximum Gasteiger partial charge on any atom is 0.394 e. The van der Waals surface area contributed by atoms with E-state index < -0.39 is 6.11 Å². The van der Waals surface area contributed by atoms with Crippen molar-refractivity contribution in [2.24, 2.45) is 0 Å². The molecule has 1 aromatic rings. The molecule has 0 N–H and O–H groups in total. The van der Waals surface area contributed by atoms with Crippen molar-refractivity contribution in [1.29, 1.82) is 0 Å². The Balaban J connectivity index is 3.11. The van der Waals surface area contributed by atoms with E-state index in [-0.39, 0.29) is 11.5 Å². The summed E-state index contributed by atoms with van der Waals surface area (Å²) in [6.07, 6.45) is -1.50. The molecule has 0 unspecified atom stereocenters. The van der Waals surface area contributed by atoms with Gasteiger partial charge in [-0.2, -0.15) is 8.78 Å². The van der Waals surface area contributed by atoms with Gasteiger partial charge in [-0.3, -0.25) is 4.79 Å². The minimum absolute atomic E-state index is 0.0601. The molecular formula is C14H16F2O2. The van der Waals surface area contributed by atoms with Gasteiger partial charge in [0.15, 0.2) is 5.78 Å². The maximum absolute atomic E-state index is 12.7. The fourth-order valence-electron chi connectivity index (χ4n) is 1.76. The van der Waals surface area contributed by atoms with Crippen LogP contribution in [-0.2, 0) is 4.79 Å². The number of halogens is 2. The SMILES string of the molecule is C/C=C(/C(C)=O)c1ccc(OC(C)(F)F)cc1C. The first-order valence-corrected chi connectivity index (χ1v) is 5.59. The molecule has 0 atom stereocenters. The lowest BCUT2D eigenvalue weighted by Crippen LogP contribution is -2.19. The second-order valence-corrected chi connectivity index (χ2v) is 4.15. The first kappa shape index (κ1) is 14.4. The van der Waals surface area contributed by atoms with Crippen LogP contribution in [0, 0.1) is 6.92 Å². The van der Waals surface area contributed by atoms with Crippen molar-refractivity contribution in [3.05, 3.63) is 35.4 Å². The molecule has 0 heterocycles. The molecule has 0 fully saturated rings. The van der Waals surface area contributed by atoms with Crippen LogP contribution in [0.2, 0.25) is 0 Å². The minimum atomic E-state index is -3.21. The topological polar surface area (TPSA) is 26.3 Å². The number of ketones is 1. The van der Waals surface area contributed by atoms with Crippen molar-refractivity contribution in [1.82, 2.24) is 0 Å². The molecule has 98 valence electrons. The van der Waals surface area contributed by atoms with Crippen LogP contribution in [0.3, 0.4) is 0 Å². The predicted octanol–water partition coefficient (Wildman–Crippen LogP) is 3.98. The van der Waals surface area contributed by atoms with E-state index in [0.29, 0.717) is 12.5 Å². The number of alkyl halides is 2. The fourth-order valence-corrected chi connectivity index (χ4v) is 1.76. The fraction of sp³-hybridized carbons (Fsp3) is 0.357. The van der Waals surface area contributed by atoms with Gasteiger partial charge in [0.05, 0.1) is 0 Å². The van der Waals surface area contributed by atoms with Crippen LogP contribution in [0.1, 0.15) is 31.9 Å². The average molecular weight is 254 g/mol. The largest absolute Gasteiger partial charge is 0.433 e. The molecule has 4 heteroatoms. The molecule has 0 aliphatic carbocycles. The van der Waals surface area contributed by atoms with Crippen molar-refractivity contribution in [3.8, 4) is 5.75 Å². The monoisotopic (exact) mass is 254 g/mol. The number of hydrogen-bond acceptors (Lipinski definition) is 2. The highest BCUT2D eigenvalue weighted by molar-refractivity contribution is 6.19. The van der Waals surface area contributed by atoms with Gasteiger partial charge < -0.3 is 4.74 Å². The third-order valence-corrected chi connectivity index (χ3v) is 2.45. The first-order valence-electron chi connectivity index (χ1n) is 5.59. The number of Topliss-reactive ketones (excluding diaryl/α,β-unsaturated/α-hetero) is 1. The van der Waals surface area contributed by atoms with E-state index in [1.54, 1.807) is 26.0 Å². The smallest absolute Gasteiger partial charge is 0.394 e. The molecule has 0 bridgehead atoms. The summed E-state index contributed by atoms with van der Waals surface area (Å²) >= 11 is 0. The Kier molecular flexibility index (Phi) is 4.22. The van der Waals surface area contributed by atoms with Gasteiger partial charge in [0.2, 0.25) is 0 Å². The van der Waals surface area contributed by atoms with Gasteiger partial charge >= 0.3 is 6.11 Å². The zero-order valence-electron chi connectivity index (χ0n) is 10.9. The molecular weight excluding hydrogens is 238 g/mol. The van der Waals surface area contributed by atoms with E-state index in [4.69, 9.17) is 0 Å². The summed E-state index contributed by atoms with van der Waals surface area (Å²) in [7, 11) is 0. The first-order chi connectivity index (χ1) is 8.24. The van der Waals surface area contributed by atoms with Gasteiger partial charge in [-0.25, -0.2) is 0 Å². The van der Waals surface area contributed by atoms with Crippen molar-refractivity contribution in [2.75, 3.05) is 0 Å². The van der Waals surface area contributed by atoms with E-state index in [1.165, 1.54) is 19.1 Å². The quantitative estimate of drug-likeness (QED) is 0.760. The van der Waals surface area contributed by atoms with Gasteiger partial charge in [-0.15, -0.1) is 0 Å². The zero-order chi connectivity index (χ0) is 13.9. The van der Waals surface area contributed by atoms with Gasteiger partial charge in [0, 0.05) is 12.5 Å². The molecule has 0 spiro atoms. The van der Waals surface area contributed by atoms with E-state index in [1.807, 2.05) is 0 Å². The maximum atomic E-state index is 12.7. The standard InChI is InChI=1S/C14H16F2O2/c1-5-12(10(3)17)13-7-6-11(8-9(13)2)18-14(4,15)16/h5-8H,1-4H3/b12-5-.